The first kappa shape index (κ1) is 31.1. The summed E-state index contributed by atoms with van der Waals surface area (Å²) in [6.45, 7) is 8.36. The van der Waals surface area contributed by atoms with E-state index in [1.54, 1.807) is 50.2 Å². The first-order chi connectivity index (χ1) is 19.4. The van der Waals surface area contributed by atoms with Crippen LogP contribution in [0.5, 0.6) is 11.5 Å². The van der Waals surface area contributed by atoms with Gasteiger partial charge < -0.3 is 23.7 Å². The molecule has 3 aromatic carbocycles. The number of unbranched alkanes of at least 4 members (excludes halogenated alkanes) is 1. The highest BCUT2D eigenvalue weighted by Crippen LogP contribution is 2.25. The summed E-state index contributed by atoms with van der Waals surface area (Å²) in [7, 11) is 0. The van der Waals surface area contributed by atoms with E-state index >= 15 is 0 Å². The molecule has 0 aliphatic heterocycles. The number of ether oxygens (including phenoxy) is 5. The van der Waals surface area contributed by atoms with Gasteiger partial charge in [0, 0.05) is 6.61 Å². The molecule has 0 N–H and O–H groups in total. The van der Waals surface area contributed by atoms with E-state index in [0.717, 1.165) is 41.9 Å². The van der Waals surface area contributed by atoms with Gasteiger partial charge in [0.25, 0.3) is 0 Å². The lowest BCUT2D eigenvalue weighted by Gasteiger charge is -2.15. The van der Waals surface area contributed by atoms with E-state index in [9.17, 15) is 9.59 Å². The Morgan fingerprint density at radius 1 is 0.725 bits per heavy atom. The number of benzene rings is 3. The summed E-state index contributed by atoms with van der Waals surface area (Å²) in [5.74, 6) is 0.202. The highest BCUT2D eigenvalue weighted by Gasteiger charge is 2.16. The third-order valence-electron chi connectivity index (χ3n) is 6.00. The van der Waals surface area contributed by atoms with Crippen LogP contribution >= 0.6 is 11.6 Å². The van der Waals surface area contributed by atoms with Crippen molar-refractivity contribution < 1.29 is 33.3 Å². The van der Waals surface area contributed by atoms with Crippen molar-refractivity contribution >= 4 is 23.5 Å². The van der Waals surface area contributed by atoms with Crippen molar-refractivity contribution in [2.45, 2.75) is 45.1 Å². The molecule has 0 fully saturated rings. The molecule has 40 heavy (non-hydrogen) atoms. The predicted molar refractivity (Wildman–Crippen MR) is 155 cm³/mol. The Hall–Kier alpha value is -3.39. The van der Waals surface area contributed by atoms with Crippen molar-refractivity contribution in [2.75, 3.05) is 33.0 Å². The lowest BCUT2D eigenvalue weighted by atomic mass is 10.0. The number of carbonyl (C=O) groups is 2. The Morgan fingerprint density at radius 2 is 1.27 bits per heavy atom. The maximum absolute atomic E-state index is 12.6. The van der Waals surface area contributed by atoms with E-state index in [0.29, 0.717) is 37.7 Å². The van der Waals surface area contributed by atoms with Crippen LogP contribution in [0.2, 0.25) is 0 Å². The average molecular weight is 569 g/mol. The zero-order chi connectivity index (χ0) is 28.7. The molecule has 0 aliphatic rings. The average Bonchev–Trinajstić information content (AvgIpc) is 2.97. The number of carbonyl (C=O) groups excluding carboxylic acids is 2. The van der Waals surface area contributed by atoms with Crippen molar-refractivity contribution in [3.63, 3.8) is 0 Å². The molecule has 0 radical (unpaired) electrons. The fraction of sp³-hybridized carbons (Fsp3) is 0.375. The van der Waals surface area contributed by atoms with Crippen LogP contribution < -0.4 is 9.47 Å². The minimum absolute atomic E-state index is 0.392. The maximum Gasteiger partial charge on any atom is 0.343 e. The summed E-state index contributed by atoms with van der Waals surface area (Å²) in [5.41, 5.74) is 3.17. The highest BCUT2D eigenvalue weighted by molar-refractivity contribution is 6.29. The Balaban J connectivity index is 1.44. The summed E-state index contributed by atoms with van der Waals surface area (Å²) < 4.78 is 27.5. The topological polar surface area (TPSA) is 80.3 Å². The second-order valence-corrected chi connectivity index (χ2v) is 9.84. The van der Waals surface area contributed by atoms with E-state index in [2.05, 4.69) is 6.92 Å². The summed E-state index contributed by atoms with van der Waals surface area (Å²) >= 11 is 5.75. The molecule has 0 saturated carbocycles. The van der Waals surface area contributed by atoms with Crippen LogP contribution in [-0.2, 0) is 19.0 Å². The normalized spacial score (nSPS) is 12.4. The Morgan fingerprint density at radius 3 is 1.88 bits per heavy atom. The fourth-order valence-electron chi connectivity index (χ4n) is 3.64. The monoisotopic (exact) mass is 568 g/mol. The summed E-state index contributed by atoms with van der Waals surface area (Å²) in [5, 5.41) is -0.719. The van der Waals surface area contributed by atoms with Gasteiger partial charge in [-0.15, -0.1) is 11.6 Å². The molecular formula is C32H37ClO7. The molecule has 7 nitrogen and oxygen atoms in total. The molecule has 3 rings (SSSR count). The van der Waals surface area contributed by atoms with Gasteiger partial charge in [0.05, 0.1) is 25.4 Å². The molecule has 214 valence electrons. The third kappa shape index (κ3) is 10.3. The SMILES string of the molecule is CCCCOCCOCCOc1ccc(-c2ccc(C(=O)Oc3ccc([C@@H](C)OC(=O)[C@@H](C)Cl)cc3)cc2)cc1. The standard InChI is InChI=1S/C32H37ClO7/c1-4-5-18-36-19-20-37-21-22-38-29-14-12-27(13-15-29)26-6-8-28(9-7-26)32(35)40-30-16-10-25(11-17-30)24(3)39-31(34)23(2)33/h6-17,23-24H,4-5,18-22H2,1-3H3/t23-,24-/m1/s1. The molecule has 3 aromatic rings. The predicted octanol–water partition coefficient (Wildman–Crippen LogP) is 7.02. The van der Waals surface area contributed by atoms with E-state index < -0.39 is 23.4 Å². The highest BCUT2D eigenvalue weighted by atomic mass is 35.5. The van der Waals surface area contributed by atoms with Crippen LogP contribution in [0.25, 0.3) is 11.1 Å². The molecule has 2 atom stereocenters. The molecule has 0 aliphatic carbocycles. The second kappa shape index (κ2) is 16.7. The van der Waals surface area contributed by atoms with Crippen LogP contribution in [0.15, 0.2) is 72.8 Å². The van der Waals surface area contributed by atoms with Crippen LogP contribution in [0, 0.1) is 0 Å². The van der Waals surface area contributed by atoms with Crippen molar-refractivity contribution in [3.8, 4) is 22.6 Å². The molecular weight excluding hydrogens is 532 g/mol. The van der Waals surface area contributed by atoms with E-state index in [4.69, 9.17) is 35.3 Å². The lowest BCUT2D eigenvalue weighted by Crippen LogP contribution is -2.16. The number of hydrogen-bond acceptors (Lipinski definition) is 7. The maximum atomic E-state index is 12.6. The molecule has 0 amide bonds. The van der Waals surface area contributed by atoms with E-state index in [1.165, 1.54) is 0 Å². The summed E-state index contributed by atoms with van der Waals surface area (Å²) in [6.07, 6.45) is 1.73. The van der Waals surface area contributed by atoms with Gasteiger partial charge in [0.2, 0.25) is 0 Å². The zero-order valence-electron chi connectivity index (χ0n) is 23.3. The first-order valence-electron chi connectivity index (χ1n) is 13.5. The van der Waals surface area contributed by atoms with Crippen LogP contribution in [-0.4, -0.2) is 50.4 Å². The van der Waals surface area contributed by atoms with Gasteiger partial charge in [-0.25, -0.2) is 4.79 Å². The molecule has 0 heterocycles. The number of halogens is 1. The van der Waals surface area contributed by atoms with E-state index in [-0.39, 0.29) is 0 Å². The Labute approximate surface area is 241 Å². The minimum atomic E-state index is -0.719. The van der Waals surface area contributed by atoms with Crippen molar-refractivity contribution in [1.29, 1.82) is 0 Å². The third-order valence-corrected chi connectivity index (χ3v) is 6.17. The van der Waals surface area contributed by atoms with Crippen LogP contribution in [0.4, 0.5) is 0 Å². The number of rotatable bonds is 16. The molecule has 0 unspecified atom stereocenters. The number of alkyl halides is 1. The van der Waals surface area contributed by atoms with Gasteiger partial charge in [0.15, 0.2) is 0 Å². The van der Waals surface area contributed by atoms with Crippen molar-refractivity contribution in [3.05, 3.63) is 83.9 Å². The van der Waals surface area contributed by atoms with Crippen molar-refractivity contribution in [1.82, 2.24) is 0 Å². The van der Waals surface area contributed by atoms with Crippen molar-refractivity contribution in [2.24, 2.45) is 0 Å². The quantitative estimate of drug-likeness (QED) is 0.0795. The largest absolute Gasteiger partial charge is 0.491 e. The van der Waals surface area contributed by atoms with Gasteiger partial charge in [-0.3, -0.25) is 4.79 Å². The molecule has 8 heteroatoms. The fourth-order valence-corrected chi connectivity index (χ4v) is 3.69. The lowest BCUT2D eigenvalue weighted by molar-refractivity contribution is -0.147. The summed E-state index contributed by atoms with van der Waals surface area (Å²) in [4.78, 5) is 24.3. The second-order valence-electron chi connectivity index (χ2n) is 9.18. The van der Waals surface area contributed by atoms with Gasteiger partial charge >= 0.3 is 11.9 Å². The van der Waals surface area contributed by atoms with Gasteiger partial charge in [-0.05, 0) is 73.4 Å². The number of esters is 2. The van der Waals surface area contributed by atoms with Gasteiger partial charge in [-0.1, -0.05) is 49.7 Å². The molecule has 0 saturated heterocycles. The van der Waals surface area contributed by atoms with Crippen LogP contribution in [0.3, 0.4) is 0 Å². The van der Waals surface area contributed by atoms with Crippen LogP contribution in [0.1, 0.15) is 55.6 Å². The minimum Gasteiger partial charge on any atom is -0.491 e. The zero-order valence-corrected chi connectivity index (χ0v) is 24.0. The smallest absolute Gasteiger partial charge is 0.343 e. The van der Waals surface area contributed by atoms with E-state index in [1.807, 2.05) is 36.4 Å². The molecule has 0 spiro atoms. The summed E-state index contributed by atoms with van der Waals surface area (Å²) in [6, 6.07) is 21.8. The Bertz CT molecular complexity index is 1180. The molecule has 0 bridgehead atoms. The van der Waals surface area contributed by atoms with Gasteiger partial charge in [0.1, 0.15) is 29.6 Å². The molecule has 0 aromatic heterocycles. The number of hydrogen-bond donors (Lipinski definition) is 0. The first-order valence-corrected chi connectivity index (χ1v) is 14.0. The van der Waals surface area contributed by atoms with Gasteiger partial charge in [-0.2, -0.15) is 0 Å². The Kier molecular flexibility index (Phi) is 13.0.